The van der Waals surface area contributed by atoms with Gasteiger partial charge >= 0.3 is 12.4 Å². The van der Waals surface area contributed by atoms with E-state index >= 15 is 0 Å². The molecule has 1 aliphatic rings. The maximum Gasteiger partial charge on any atom is 0.428 e. The summed E-state index contributed by atoms with van der Waals surface area (Å²) in [7, 11) is 0. The van der Waals surface area contributed by atoms with E-state index in [0.29, 0.717) is 5.69 Å². The Kier molecular flexibility index (Phi) is 10.1. The van der Waals surface area contributed by atoms with Gasteiger partial charge in [0.05, 0.1) is 23.4 Å². The number of amides is 2. The van der Waals surface area contributed by atoms with Crippen molar-refractivity contribution in [2.45, 2.75) is 44.5 Å². The Morgan fingerprint density at radius 3 is 2.34 bits per heavy atom. The Bertz CT molecular complexity index is 1270. The molecule has 1 saturated heterocycles. The Labute approximate surface area is 233 Å². The smallest absolute Gasteiger partial charge is 0.365 e. The number of alkyl halides is 7. The fraction of sp³-hybridized carbons (Fsp3) is 0.440. The van der Waals surface area contributed by atoms with Gasteiger partial charge in [0.15, 0.2) is 11.6 Å². The molecule has 0 unspecified atom stereocenters. The number of hydrogen-bond donors (Lipinski definition) is 2. The van der Waals surface area contributed by atoms with Gasteiger partial charge in [0, 0.05) is 49.4 Å². The monoisotopic (exact) mass is 618 g/mol. The summed E-state index contributed by atoms with van der Waals surface area (Å²) >= 11 is 6.13. The van der Waals surface area contributed by atoms with Gasteiger partial charge in [-0.1, -0.05) is 17.7 Å². The highest BCUT2D eigenvalue weighted by Crippen LogP contribution is 2.33. The number of carbonyl (C=O) groups excluding carboxylic acids is 2. The van der Waals surface area contributed by atoms with Crippen molar-refractivity contribution in [2.75, 3.05) is 36.4 Å². The summed E-state index contributed by atoms with van der Waals surface area (Å²) in [6.07, 6.45) is -14.6. The van der Waals surface area contributed by atoms with Crippen molar-refractivity contribution in [1.82, 2.24) is 10.2 Å². The molecule has 2 amide bonds. The van der Waals surface area contributed by atoms with Crippen LogP contribution in [-0.2, 0) is 11.3 Å². The standard InChI is InChI=1S/C25H24ClF9N4O2/c1-13-12-38(7-6-24(30,31)32)8-9-39(13)18-10-15(26)3-5-17(18)37-22(40)16-4-2-14(19(27)20(16)28)11-36-23(41)21(29)25(33,34)35/h2-5,10,13,21H,6-9,11-12H2,1H3,(H,36,41)(H,37,40)/t13-,21-/m1/s1. The summed E-state index contributed by atoms with van der Waals surface area (Å²) < 4.78 is 117. The molecule has 0 spiro atoms. The highest BCUT2D eigenvalue weighted by Gasteiger charge is 2.45. The Balaban J connectivity index is 1.73. The van der Waals surface area contributed by atoms with Crippen LogP contribution in [0.4, 0.5) is 50.9 Å². The van der Waals surface area contributed by atoms with Crippen molar-refractivity contribution in [3.8, 4) is 0 Å². The number of nitrogens with one attached hydrogen (secondary N) is 2. The summed E-state index contributed by atoms with van der Waals surface area (Å²) in [6, 6.07) is 5.71. The third kappa shape index (κ3) is 8.41. The highest BCUT2D eigenvalue weighted by molar-refractivity contribution is 6.31. The lowest BCUT2D eigenvalue weighted by Gasteiger charge is -2.42. The van der Waals surface area contributed by atoms with Crippen molar-refractivity contribution in [2.24, 2.45) is 0 Å². The fourth-order valence-electron chi connectivity index (χ4n) is 4.24. The molecule has 1 aliphatic heterocycles. The van der Waals surface area contributed by atoms with Gasteiger partial charge in [-0.15, -0.1) is 0 Å². The van der Waals surface area contributed by atoms with Crippen molar-refractivity contribution in [1.29, 1.82) is 0 Å². The largest absolute Gasteiger partial charge is 0.428 e. The van der Waals surface area contributed by atoms with Crippen LogP contribution in [0.15, 0.2) is 30.3 Å². The lowest BCUT2D eigenvalue weighted by atomic mass is 10.1. The van der Waals surface area contributed by atoms with Crippen LogP contribution in [0.2, 0.25) is 5.02 Å². The van der Waals surface area contributed by atoms with E-state index in [1.54, 1.807) is 16.7 Å². The average molecular weight is 619 g/mol. The van der Waals surface area contributed by atoms with Gasteiger partial charge in [-0.25, -0.2) is 13.2 Å². The van der Waals surface area contributed by atoms with E-state index in [0.717, 1.165) is 12.1 Å². The molecule has 0 aromatic heterocycles. The molecule has 0 saturated carbocycles. The van der Waals surface area contributed by atoms with Crippen LogP contribution >= 0.6 is 11.6 Å². The second-order valence-corrected chi connectivity index (χ2v) is 9.78. The molecule has 1 fully saturated rings. The van der Waals surface area contributed by atoms with Crippen LogP contribution in [0.25, 0.3) is 0 Å². The topological polar surface area (TPSA) is 64.7 Å². The minimum atomic E-state index is -5.48. The number of piperazine rings is 1. The highest BCUT2D eigenvalue weighted by atomic mass is 35.5. The number of hydrogen-bond acceptors (Lipinski definition) is 4. The lowest BCUT2D eigenvalue weighted by Crippen LogP contribution is -2.52. The summed E-state index contributed by atoms with van der Waals surface area (Å²) in [5.41, 5.74) is -0.875. The average Bonchev–Trinajstić information content (AvgIpc) is 2.87. The SMILES string of the molecule is C[C@@H]1CN(CCC(F)(F)F)CCN1c1cc(Cl)ccc1NC(=O)c1ccc(CNC(=O)[C@@H](F)C(F)(F)F)c(F)c1F. The van der Waals surface area contributed by atoms with Gasteiger partial charge in [-0.2, -0.15) is 26.3 Å². The molecule has 3 rings (SSSR count). The number of benzene rings is 2. The molecule has 0 aliphatic carbocycles. The minimum Gasteiger partial charge on any atom is -0.365 e. The van der Waals surface area contributed by atoms with Gasteiger partial charge in [0.2, 0.25) is 0 Å². The van der Waals surface area contributed by atoms with Crippen molar-refractivity contribution in [3.05, 3.63) is 58.1 Å². The number of rotatable bonds is 8. The Hall–Kier alpha value is -3.20. The number of nitrogens with zero attached hydrogens (tertiary/aromatic N) is 2. The van der Waals surface area contributed by atoms with Gasteiger partial charge in [-0.3, -0.25) is 14.5 Å². The third-order valence-electron chi connectivity index (χ3n) is 6.32. The van der Waals surface area contributed by atoms with Crippen LogP contribution in [0.5, 0.6) is 0 Å². The second kappa shape index (κ2) is 12.8. The first-order valence-electron chi connectivity index (χ1n) is 12.1. The predicted octanol–water partition coefficient (Wildman–Crippen LogP) is 5.85. The van der Waals surface area contributed by atoms with Crippen LogP contribution < -0.4 is 15.5 Å². The molecule has 2 N–H and O–H groups in total. The molecule has 2 aromatic rings. The van der Waals surface area contributed by atoms with Crippen molar-refractivity contribution in [3.63, 3.8) is 0 Å². The van der Waals surface area contributed by atoms with Crippen LogP contribution in [0.3, 0.4) is 0 Å². The zero-order valence-corrected chi connectivity index (χ0v) is 22.0. The van der Waals surface area contributed by atoms with Crippen LogP contribution in [0.1, 0.15) is 29.3 Å². The van der Waals surface area contributed by atoms with E-state index in [1.165, 1.54) is 23.5 Å². The normalized spacial score (nSPS) is 17.3. The molecule has 16 heteroatoms. The van der Waals surface area contributed by atoms with E-state index in [-0.39, 0.29) is 42.9 Å². The first-order chi connectivity index (χ1) is 19.0. The van der Waals surface area contributed by atoms with Crippen LogP contribution in [0, 0.1) is 11.6 Å². The maximum absolute atomic E-state index is 14.7. The molecule has 2 atom stereocenters. The fourth-order valence-corrected chi connectivity index (χ4v) is 4.40. The Morgan fingerprint density at radius 2 is 1.73 bits per heavy atom. The minimum absolute atomic E-state index is 0.146. The molecule has 226 valence electrons. The zero-order valence-electron chi connectivity index (χ0n) is 21.3. The molecular weight excluding hydrogens is 595 g/mol. The van der Waals surface area contributed by atoms with Crippen molar-refractivity contribution < 1.29 is 49.1 Å². The quantitative estimate of drug-likeness (QED) is 0.365. The van der Waals surface area contributed by atoms with Crippen molar-refractivity contribution >= 4 is 34.8 Å². The van der Waals surface area contributed by atoms with E-state index in [4.69, 9.17) is 11.6 Å². The van der Waals surface area contributed by atoms with E-state index < -0.39 is 66.1 Å². The van der Waals surface area contributed by atoms with E-state index in [2.05, 4.69) is 5.32 Å². The summed E-state index contributed by atoms with van der Waals surface area (Å²) in [6.45, 7) is 1.44. The maximum atomic E-state index is 14.7. The molecule has 41 heavy (non-hydrogen) atoms. The first-order valence-corrected chi connectivity index (χ1v) is 12.5. The lowest BCUT2D eigenvalue weighted by molar-refractivity contribution is -0.186. The first kappa shape index (κ1) is 32.3. The molecule has 0 bridgehead atoms. The molecule has 0 radical (unpaired) electrons. The summed E-state index contributed by atoms with van der Waals surface area (Å²) in [5.74, 6) is -6.49. The third-order valence-corrected chi connectivity index (χ3v) is 6.55. The zero-order chi connectivity index (χ0) is 30.7. The van der Waals surface area contributed by atoms with Gasteiger partial charge in [0.1, 0.15) is 0 Å². The number of carbonyl (C=O) groups is 2. The molecule has 1 heterocycles. The molecule has 2 aromatic carbocycles. The Morgan fingerprint density at radius 1 is 1.05 bits per heavy atom. The molecular formula is C25H24ClF9N4O2. The predicted molar refractivity (Wildman–Crippen MR) is 132 cm³/mol. The number of halogens is 10. The molecule has 6 nitrogen and oxygen atoms in total. The van der Waals surface area contributed by atoms with Gasteiger partial charge in [-0.05, 0) is 31.2 Å². The summed E-state index contributed by atoms with van der Waals surface area (Å²) in [4.78, 5) is 27.6. The summed E-state index contributed by atoms with van der Waals surface area (Å²) in [5, 5.41) is 4.23. The van der Waals surface area contributed by atoms with Gasteiger partial charge in [0.25, 0.3) is 18.0 Å². The van der Waals surface area contributed by atoms with E-state index in [1.807, 2.05) is 0 Å². The number of anilines is 2. The van der Waals surface area contributed by atoms with Gasteiger partial charge < -0.3 is 15.5 Å². The van der Waals surface area contributed by atoms with E-state index in [9.17, 15) is 49.1 Å². The van der Waals surface area contributed by atoms with Crippen LogP contribution in [-0.4, -0.2) is 67.5 Å². The second-order valence-electron chi connectivity index (χ2n) is 9.35.